The van der Waals surface area contributed by atoms with Crippen LogP contribution in [0.4, 0.5) is 34.1 Å². The summed E-state index contributed by atoms with van der Waals surface area (Å²) in [4.78, 5) is 4.83. The Hall–Kier alpha value is -13.9. The normalized spacial score (nSPS) is 13.2. The molecule has 0 N–H and O–H groups in total. The van der Waals surface area contributed by atoms with Crippen molar-refractivity contribution in [3.8, 4) is 77.9 Å². The quantitative estimate of drug-likeness (QED) is 0.107. The standard InChI is InChI=1S/C110H80N2O/c1-109(2)57-58-110(3,4)106-69-83(48-55-105(106)109)74-45-52-90(53-46-74)112(92-29-16-25-78(62-92)80-40-38-72-20-6-8-22-76(72)60-80)94-31-18-27-86(64-94)103-68-88-42-41-82(65-101(88)98-35-13-14-36-99(98)103)84-47-54-100-104-66-81(49-56-107(104)113-108(100)70-84)73-43-50-89(51-44-73)111(91-28-15-24-77(61-91)79-39-37-71-19-5-7-21-75(71)59-79)93-30-17-26-85(63-93)102-67-87-23-9-10-32-95(87)96-33-11-12-34-97(96)102/h5-56,59-70H,57-58H2,1-4H3. The summed E-state index contributed by atoms with van der Waals surface area (Å²) in [5, 5.41) is 16.9. The average molecular weight is 1450 g/mol. The van der Waals surface area contributed by atoms with Gasteiger partial charge in [-0.15, -0.1) is 0 Å². The molecule has 0 unspecified atom stereocenters. The van der Waals surface area contributed by atoms with Gasteiger partial charge in [-0.05, 0) is 305 Å². The molecule has 1 heterocycles. The first-order valence-electron chi connectivity index (χ1n) is 39.6. The molecule has 3 nitrogen and oxygen atoms in total. The highest BCUT2D eigenvalue weighted by Crippen LogP contribution is 2.50. The fraction of sp³-hybridized carbons (Fsp3) is 0.0727. The molecule has 1 aliphatic carbocycles. The molecule has 21 rings (SSSR count). The van der Waals surface area contributed by atoms with Crippen molar-refractivity contribution in [2.75, 3.05) is 9.80 Å². The Morgan fingerprint density at radius 1 is 0.195 bits per heavy atom. The number of rotatable bonds is 13. The molecule has 113 heavy (non-hydrogen) atoms. The van der Waals surface area contributed by atoms with Crippen molar-refractivity contribution in [3.05, 3.63) is 399 Å². The number of hydrogen-bond donors (Lipinski definition) is 0. The van der Waals surface area contributed by atoms with Gasteiger partial charge in [0, 0.05) is 44.9 Å². The molecule has 3 heteroatoms. The third-order valence-electron chi connectivity index (χ3n) is 24.4. The summed E-state index contributed by atoms with van der Waals surface area (Å²) < 4.78 is 6.79. The van der Waals surface area contributed by atoms with E-state index in [9.17, 15) is 0 Å². The predicted octanol–water partition coefficient (Wildman–Crippen LogP) is 31.5. The zero-order chi connectivity index (χ0) is 75.5. The Morgan fingerprint density at radius 2 is 0.558 bits per heavy atom. The first kappa shape index (κ1) is 67.3. The second-order valence-electron chi connectivity index (χ2n) is 32.2. The second kappa shape index (κ2) is 27.0. The molecule has 0 amide bonds. The Labute approximate surface area is 659 Å². The molecule has 0 aliphatic heterocycles. The monoisotopic (exact) mass is 1440 g/mol. The minimum Gasteiger partial charge on any atom is -0.456 e. The van der Waals surface area contributed by atoms with Crippen LogP contribution in [0, 0.1) is 0 Å². The van der Waals surface area contributed by atoms with Gasteiger partial charge in [-0.3, -0.25) is 0 Å². The highest BCUT2D eigenvalue weighted by molar-refractivity contribution is 6.16. The molecule has 0 spiro atoms. The summed E-state index contributed by atoms with van der Waals surface area (Å²) in [6, 6.07) is 144. The van der Waals surface area contributed by atoms with Crippen LogP contribution in [0.25, 0.3) is 164 Å². The average Bonchev–Trinajstić information content (AvgIpc) is 1.75. The molecule has 1 aromatic heterocycles. The van der Waals surface area contributed by atoms with Crippen molar-refractivity contribution in [2.45, 2.75) is 51.4 Å². The summed E-state index contributed by atoms with van der Waals surface area (Å²) in [7, 11) is 0. The van der Waals surface area contributed by atoms with Crippen LogP contribution >= 0.6 is 0 Å². The van der Waals surface area contributed by atoms with Crippen molar-refractivity contribution < 1.29 is 4.42 Å². The molecule has 19 aromatic carbocycles. The molecular formula is C110H80N2O. The summed E-state index contributed by atoms with van der Waals surface area (Å²) in [6.45, 7) is 9.64. The van der Waals surface area contributed by atoms with E-state index in [1.54, 1.807) is 0 Å². The third-order valence-corrected chi connectivity index (χ3v) is 24.4. The number of hydrogen-bond acceptors (Lipinski definition) is 3. The van der Waals surface area contributed by atoms with E-state index < -0.39 is 0 Å². The van der Waals surface area contributed by atoms with Crippen molar-refractivity contribution in [1.29, 1.82) is 0 Å². The summed E-state index contributed by atoms with van der Waals surface area (Å²) in [6.07, 6.45) is 2.38. The lowest BCUT2D eigenvalue weighted by atomic mass is 9.63. The smallest absolute Gasteiger partial charge is 0.136 e. The molecule has 536 valence electrons. The fourth-order valence-electron chi connectivity index (χ4n) is 18.2. The van der Waals surface area contributed by atoms with Crippen LogP contribution in [0.15, 0.2) is 393 Å². The fourth-order valence-corrected chi connectivity index (χ4v) is 18.2. The van der Waals surface area contributed by atoms with Gasteiger partial charge in [-0.1, -0.05) is 289 Å². The minimum absolute atomic E-state index is 0.119. The summed E-state index contributed by atoms with van der Waals surface area (Å²) >= 11 is 0. The van der Waals surface area contributed by atoms with Crippen LogP contribution < -0.4 is 9.80 Å². The highest BCUT2D eigenvalue weighted by Gasteiger charge is 2.37. The zero-order valence-electron chi connectivity index (χ0n) is 63.7. The van der Waals surface area contributed by atoms with Gasteiger partial charge in [0.05, 0.1) is 0 Å². The van der Waals surface area contributed by atoms with Crippen LogP contribution in [0.2, 0.25) is 0 Å². The number of furan rings is 1. The van der Waals surface area contributed by atoms with Crippen molar-refractivity contribution in [2.24, 2.45) is 0 Å². The second-order valence-corrected chi connectivity index (χ2v) is 32.2. The Kier molecular flexibility index (Phi) is 16.1. The molecule has 0 saturated heterocycles. The van der Waals surface area contributed by atoms with Crippen LogP contribution in [-0.2, 0) is 10.8 Å². The minimum atomic E-state index is 0.119. The van der Waals surface area contributed by atoms with Crippen LogP contribution in [-0.4, -0.2) is 0 Å². The molecule has 0 atom stereocenters. The van der Waals surface area contributed by atoms with Gasteiger partial charge in [-0.2, -0.15) is 0 Å². The van der Waals surface area contributed by atoms with Gasteiger partial charge in [0.2, 0.25) is 0 Å². The predicted molar refractivity (Wildman–Crippen MR) is 481 cm³/mol. The van der Waals surface area contributed by atoms with E-state index in [4.69, 9.17) is 4.42 Å². The largest absolute Gasteiger partial charge is 0.456 e. The lowest BCUT2D eigenvalue weighted by Crippen LogP contribution is -2.33. The van der Waals surface area contributed by atoms with Crippen LogP contribution in [0.5, 0.6) is 0 Å². The third kappa shape index (κ3) is 12.1. The van der Waals surface area contributed by atoms with E-state index in [-0.39, 0.29) is 10.8 Å². The van der Waals surface area contributed by atoms with E-state index in [1.165, 1.54) is 128 Å². The zero-order valence-corrected chi connectivity index (χ0v) is 63.7. The maximum atomic E-state index is 6.79. The van der Waals surface area contributed by atoms with E-state index >= 15 is 0 Å². The molecule has 0 bridgehead atoms. The van der Waals surface area contributed by atoms with E-state index in [0.29, 0.717) is 0 Å². The lowest BCUT2D eigenvalue weighted by molar-refractivity contribution is 0.332. The molecule has 0 radical (unpaired) electrons. The topological polar surface area (TPSA) is 19.6 Å². The van der Waals surface area contributed by atoms with E-state index in [1.807, 2.05) is 0 Å². The molecule has 0 saturated carbocycles. The maximum absolute atomic E-state index is 6.79. The SMILES string of the molecule is CC1(C)CCC(C)(C)c2cc(-c3ccc(N(c4cccc(-c5ccc6ccccc6c5)c4)c4cccc(-c5cc6ccc(-c7ccc8c(c7)oc7ccc(-c9ccc(N(c%10cccc(-c%11ccc%12ccccc%12c%11)c%10)c%10cccc(-c%11cc%12ccccc%12c%12ccccc%11%12)c%10)cc9)cc78)cc6c6ccccc56)c4)cc3)ccc21. The molecule has 1 aliphatic rings. The number of nitrogens with zero attached hydrogens (tertiary/aromatic N) is 2. The molecule has 0 fully saturated rings. The first-order valence-corrected chi connectivity index (χ1v) is 39.6. The van der Waals surface area contributed by atoms with E-state index in [2.05, 4.69) is 426 Å². The molecule has 20 aromatic rings. The lowest BCUT2D eigenvalue weighted by Gasteiger charge is -2.42. The summed E-state index contributed by atoms with van der Waals surface area (Å²) in [5.74, 6) is 0. The van der Waals surface area contributed by atoms with Crippen molar-refractivity contribution >= 4 is 121 Å². The Morgan fingerprint density at radius 3 is 1.11 bits per heavy atom. The number of anilines is 6. The van der Waals surface area contributed by atoms with Gasteiger partial charge in [0.25, 0.3) is 0 Å². The Bertz CT molecular complexity index is 7200. The van der Waals surface area contributed by atoms with Gasteiger partial charge < -0.3 is 14.2 Å². The van der Waals surface area contributed by atoms with Crippen LogP contribution in [0.1, 0.15) is 51.7 Å². The van der Waals surface area contributed by atoms with E-state index in [0.717, 1.165) is 95.0 Å². The molecular weight excluding hydrogens is 1370 g/mol. The Balaban J connectivity index is 0.600. The van der Waals surface area contributed by atoms with Gasteiger partial charge >= 0.3 is 0 Å². The van der Waals surface area contributed by atoms with Crippen LogP contribution in [0.3, 0.4) is 0 Å². The van der Waals surface area contributed by atoms with Gasteiger partial charge in [-0.25, -0.2) is 0 Å². The number of fused-ring (bicyclic) bond motifs is 12. The van der Waals surface area contributed by atoms with Crippen molar-refractivity contribution in [3.63, 3.8) is 0 Å². The van der Waals surface area contributed by atoms with Crippen molar-refractivity contribution in [1.82, 2.24) is 0 Å². The maximum Gasteiger partial charge on any atom is 0.136 e. The highest BCUT2D eigenvalue weighted by atomic mass is 16.3. The summed E-state index contributed by atoms with van der Waals surface area (Å²) in [5.41, 5.74) is 27.8. The van der Waals surface area contributed by atoms with Gasteiger partial charge in [0.1, 0.15) is 11.2 Å². The first-order chi connectivity index (χ1) is 55.4. The van der Waals surface area contributed by atoms with Gasteiger partial charge in [0.15, 0.2) is 0 Å². The number of benzene rings is 19.